The molecule has 11 nitrogen and oxygen atoms in total. The number of hydrogen-bond acceptors (Lipinski definition) is 7. The number of aliphatic carboxylic acids is 1. The summed E-state index contributed by atoms with van der Waals surface area (Å²) in [7, 11) is 0. The fourth-order valence-electron chi connectivity index (χ4n) is 4.54. The van der Waals surface area contributed by atoms with E-state index in [1.165, 1.54) is 0 Å². The van der Waals surface area contributed by atoms with Crippen molar-refractivity contribution < 1.29 is 39.9 Å². The minimum absolute atomic E-state index is 0.0258. The molecule has 0 aromatic heterocycles. The molecule has 3 rings (SSSR count). The van der Waals surface area contributed by atoms with Crippen LogP contribution in [0.5, 0.6) is 5.75 Å². The first kappa shape index (κ1) is 35.9. The molecule has 11 heteroatoms. The number of carboxylic acid groups (broad SMARTS) is 1. The number of hydrogen-bond donors (Lipinski definition) is 4. The lowest BCUT2D eigenvalue weighted by Crippen LogP contribution is -2.58. The van der Waals surface area contributed by atoms with E-state index in [1.807, 2.05) is 62.4 Å². The minimum atomic E-state index is -1.33. The van der Waals surface area contributed by atoms with E-state index >= 15 is 0 Å². The highest BCUT2D eigenvalue weighted by atomic mass is 16.5. The average molecular weight is 663 g/mol. The van der Waals surface area contributed by atoms with E-state index in [0.717, 1.165) is 11.1 Å². The predicted octanol–water partition coefficient (Wildman–Crippen LogP) is 5.02. The van der Waals surface area contributed by atoms with E-state index in [4.69, 9.17) is 15.6 Å². The zero-order chi connectivity index (χ0) is 35.8. The quantitative estimate of drug-likeness (QED) is 0.157. The molecule has 0 fully saturated rings. The number of carbonyl (C=O) groups excluding carboxylic acids is 3. The Kier molecular flexibility index (Phi) is 13.8. The first-order chi connectivity index (χ1) is 23.3. The molecule has 3 aromatic rings. The fourth-order valence-corrected chi connectivity index (χ4v) is 4.54. The maximum Gasteiger partial charge on any atom is 0.408 e. The van der Waals surface area contributed by atoms with Crippen LogP contribution in [0.3, 0.4) is 0 Å². The van der Waals surface area contributed by atoms with Crippen LogP contribution >= 0.6 is 0 Å². The average Bonchev–Trinajstić information content (AvgIpc) is 3.08. The molecule has 3 atom stereocenters. The van der Waals surface area contributed by atoms with Crippen LogP contribution in [0.2, 0.25) is 0 Å². The van der Waals surface area contributed by atoms with Crippen molar-refractivity contribution in [2.45, 2.75) is 84.4 Å². The Morgan fingerprint density at radius 3 is 1.88 bits per heavy atom. The lowest BCUT2D eigenvalue weighted by atomic mass is 10.0. The Bertz CT molecular complexity index is 1490. The third kappa shape index (κ3) is 13.8. The molecule has 0 saturated heterocycles. The number of carboxylic acids is 1. The molecule has 0 bridgehead atoms. The number of amides is 3. The highest BCUT2D eigenvalue weighted by molar-refractivity contribution is 5.93. The van der Waals surface area contributed by atoms with E-state index in [2.05, 4.69) is 16.0 Å². The molecule has 0 saturated carbocycles. The van der Waals surface area contributed by atoms with Gasteiger partial charge in [0.25, 0.3) is 0 Å². The molecule has 0 aliphatic heterocycles. The maximum atomic E-state index is 13.8. The number of benzene rings is 3. The van der Waals surface area contributed by atoms with Crippen molar-refractivity contribution in [1.82, 2.24) is 16.0 Å². The van der Waals surface area contributed by atoms with Gasteiger partial charge in [0.1, 0.15) is 37.1 Å². The number of alkyl carbamates (subject to hydrolysis) is 1. The van der Waals surface area contributed by atoms with Crippen molar-refractivity contribution in [2.75, 3.05) is 6.61 Å². The third-order valence-corrected chi connectivity index (χ3v) is 7.03. The molecular weight excluding hydrogens is 614 g/mol. The van der Waals surface area contributed by atoms with Crippen LogP contribution in [0.15, 0.2) is 84.9 Å². The molecule has 48 heavy (non-hydrogen) atoms. The normalized spacial score (nSPS) is 13.4. The van der Waals surface area contributed by atoms with Gasteiger partial charge in [-0.25, -0.2) is 9.59 Å². The predicted molar refractivity (Wildman–Crippen MR) is 181 cm³/mol. The van der Waals surface area contributed by atoms with Gasteiger partial charge in [-0.2, -0.15) is 0 Å². The zero-order valence-electron chi connectivity index (χ0n) is 28.9. The van der Waals surface area contributed by atoms with Crippen molar-refractivity contribution in [3.05, 3.63) is 102 Å². The summed E-state index contributed by atoms with van der Waals surface area (Å²) in [6.45, 7) is 6.88. The lowest BCUT2D eigenvalue weighted by Gasteiger charge is -2.27. The smallest absolute Gasteiger partial charge is 0.408 e. The Morgan fingerprint density at radius 1 is 0.750 bits per heavy atom. The summed E-state index contributed by atoms with van der Waals surface area (Å²) in [4.78, 5) is 52.0. The topological polar surface area (TPSA) is 152 Å². The number of nitrogens with one attached hydrogen (secondary N) is 3. The molecule has 3 aromatic carbocycles. The van der Waals surface area contributed by atoms with Crippen LogP contribution in [-0.4, -0.2) is 59.3 Å². The molecule has 0 spiro atoms. The SMILES string of the molecule is [2H]CC(C)(C)OC[C@H](NC(=O)[C@H](Cc1ccc(OCc2ccccc2)cc1)NC(=O)OCc1ccccc1)C(=O)N[C@@H](CC(C)C)C(=O)O. The summed E-state index contributed by atoms with van der Waals surface area (Å²) in [6.07, 6.45) is -0.644. The van der Waals surface area contributed by atoms with Gasteiger partial charge in [-0.3, -0.25) is 9.59 Å². The van der Waals surface area contributed by atoms with Crippen LogP contribution in [0.1, 0.15) is 59.1 Å². The lowest BCUT2D eigenvalue weighted by molar-refractivity contribution is -0.143. The van der Waals surface area contributed by atoms with Crippen LogP contribution < -0.4 is 20.7 Å². The molecule has 0 unspecified atom stereocenters. The van der Waals surface area contributed by atoms with Gasteiger partial charge in [0, 0.05) is 7.79 Å². The first-order valence-electron chi connectivity index (χ1n) is 16.6. The molecule has 0 aliphatic rings. The highest BCUT2D eigenvalue weighted by Crippen LogP contribution is 2.16. The van der Waals surface area contributed by atoms with Gasteiger partial charge < -0.3 is 35.3 Å². The summed E-state index contributed by atoms with van der Waals surface area (Å²) >= 11 is 0. The molecule has 3 amide bonds. The molecule has 258 valence electrons. The minimum Gasteiger partial charge on any atom is -0.489 e. The largest absolute Gasteiger partial charge is 0.489 e. The van der Waals surface area contributed by atoms with Crippen molar-refractivity contribution in [1.29, 1.82) is 0 Å². The van der Waals surface area contributed by atoms with E-state index in [1.54, 1.807) is 50.2 Å². The standard InChI is InChI=1S/C37H47N3O8/c1-25(2)20-31(35(43)44)38-34(42)32(24-48-37(3,4)5)39-33(41)30(40-36(45)47-23-28-14-10-7-11-15-28)21-26-16-18-29(19-17-26)46-22-27-12-8-6-9-13-27/h6-19,25,30-32H,20-24H2,1-5H3,(H,38,42)(H,39,41)(H,40,45)(H,43,44)/t30-,31-,32-/m0/s1/i3D. The summed E-state index contributed by atoms with van der Waals surface area (Å²) in [5, 5.41) is 17.4. The third-order valence-electron chi connectivity index (χ3n) is 7.03. The zero-order valence-corrected chi connectivity index (χ0v) is 27.9. The van der Waals surface area contributed by atoms with E-state index in [-0.39, 0.29) is 38.9 Å². The van der Waals surface area contributed by atoms with Crippen molar-refractivity contribution in [3.8, 4) is 5.75 Å². The molecule has 4 N–H and O–H groups in total. The molecule has 0 heterocycles. The van der Waals surface area contributed by atoms with Crippen molar-refractivity contribution in [2.24, 2.45) is 5.92 Å². The van der Waals surface area contributed by atoms with E-state index in [9.17, 15) is 24.3 Å². The van der Waals surface area contributed by atoms with Gasteiger partial charge in [0.15, 0.2) is 0 Å². The second kappa shape index (κ2) is 18.4. The molecule has 0 radical (unpaired) electrons. The van der Waals surface area contributed by atoms with Crippen LogP contribution in [0.4, 0.5) is 4.79 Å². The van der Waals surface area contributed by atoms with Gasteiger partial charge in [0.05, 0.1) is 12.2 Å². The second-order valence-electron chi connectivity index (χ2n) is 12.5. The Morgan fingerprint density at radius 2 is 1.31 bits per heavy atom. The number of rotatable bonds is 17. The summed E-state index contributed by atoms with van der Waals surface area (Å²) in [5.41, 5.74) is 1.50. The summed E-state index contributed by atoms with van der Waals surface area (Å²) in [5.74, 6) is -2.11. The van der Waals surface area contributed by atoms with Gasteiger partial charge in [-0.1, -0.05) is 86.6 Å². The summed E-state index contributed by atoms with van der Waals surface area (Å²) in [6, 6.07) is 22.1. The van der Waals surface area contributed by atoms with Gasteiger partial charge in [-0.15, -0.1) is 0 Å². The van der Waals surface area contributed by atoms with Gasteiger partial charge in [0.2, 0.25) is 11.8 Å². The van der Waals surface area contributed by atoms with Crippen molar-refractivity contribution >= 4 is 23.9 Å². The van der Waals surface area contributed by atoms with Crippen LogP contribution in [-0.2, 0) is 43.5 Å². The van der Waals surface area contributed by atoms with E-state index < -0.39 is 47.6 Å². The Balaban J connectivity index is 1.79. The molecule has 0 aliphatic carbocycles. The Hall–Kier alpha value is -4.90. The maximum absolute atomic E-state index is 13.8. The Labute approximate surface area is 283 Å². The highest BCUT2D eigenvalue weighted by Gasteiger charge is 2.31. The van der Waals surface area contributed by atoms with E-state index in [0.29, 0.717) is 17.9 Å². The molecular formula is C37H47N3O8. The van der Waals surface area contributed by atoms with Gasteiger partial charge >= 0.3 is 12.1 Å². The number of ether oxygens (including phenoxy) is 3. The van der Waals surface area contributed by atoms with Gasteiger partial charge in [-0.05, 0) is 61.9 Å². The number of carbonyl (C=O) groups is 4. The monoisotopic (exact) mass is 662 g/mol. The first-order valence-corrected chi connectivity index (χ1v) is 15.8. The van der Waals surface area contributed by atoms with Crippen LogP contribution in [0.25, 0.3) is 0 Å². The second-order valence-corrected chi connectivity index (χ2v) is 12.5. The van der Waals surface area contributed by atoms with Crippen LogP contribution in [0, 0.1) is 5.92 Å². The summed E-state index contributed by atoms with van der Waals surface area (Å²) < 4.78 is 24.8. The fraction of sp³-hybridized carbons (Fsp3) is 0.405. The van der Waals surface area contributed by atoms with Crippen molar-refractivity contribution in [3.63, 3.8) is 0 Å².